The Kier molecular flexibility index (Phi) is 5.21. The van der Waals surface area contributed by atoms with Crippen molar-refractivity contribution >= 4 is 11.8 Å². The van der Waals surface area contributed by atoms with Crippen LogP contribution in [0.1, 0.15) is 60.3 Å². The second-order valence-electron chi connectivity index (χ2n) is 7.06. The minimum atomic E-state index is -0.0377. The monoisotopic (exact) mass is 333 g/mol. The van der Waals surface area contributed by atoms with Gasteiger partial charge in [0, 0.05) is 32.6 Å². The van der Waals surface area contributed by atoms with E-state index in [4.69, 9.17) is 4.52 Å². The fraction of sp³-hybridized carbons (Fsp3) is 0.722. The lowest BCUT2D eigenvalue weighted by atomic mass is 10.0. The summed E-state index contributed by atoms with van der Waals surface area (Å²) < 4.78 is 5.09. The molecular formula is C18H27N3O3. The van der Waals surface area contributed by atoms with Crippen molar-refractivity contribution < 1.29 is 14.1 Å². The lowest BCUT2D eigenvalue weighted by molar-refractivity contribution is -0.133. The van der Waals surface area contributed by atoms with Crippen molar-refractivity contribution in [3.63, 3.8) is 0 Å². The van der Waals surface area contributed by atoms with Crippen molar-refractivity contribution in [3.8, 4) is 0 Å². The summed E-state index contributed by atoms with van der Waals surface area (Å²) in [6.07, 6.45) is 6.89. The normalized spacial score (nSPS) is 19.1. The highest BCUT2D eigenvalue weighted by Gasteiger charge is 2.28. The van der Waals surface area contributed by atoms with Gasteiger partial charge in [-0.25, -0.2) is 0 Å². The van der Waals surface area contributed by atoms with E-state index in [9.17, 15) is 9.59 Å². The number of nitrogens with zero attached hydrogens (tertiary/aromatic N) is 3. The fourth-order valence-electron chi connectivity index (χ4n) is 3.89. The fourth-order valence-corrected chi connectivity index (χ4v) is 3.89. The van der Waals surface area contributed by atoms with Crippen LogP contribution in [0.4, 0.5) is 0 Å². The predicted octanol–water partition coefficient (Wildman–Crippen LogP) is 2.55. The number of hydrogen-bond acceptors (Lipinski definition) is 4. The minimum Gasteiger partial charge on any atom is -0.361 e. The van der Waals surface area contributed by atoms with Crippen LogP contribution in [0.2, 0.25) is 0 Å². The molecule has 1 saturated heterocycles. The molecule has 0 N–H and O–H groups in total. The maximum absolute atomic E-state index is 12.6. The average molecular weight is 333 g/mol. The number of hydrogen-bond donors (Lipinski definition) is 0. The molecule has 6 nitrogen and oxygen atoms in total. The summed E-state index contributed by atoms with van der Waals surface area (Å²) in [5, 5.41) is 3.85. The van der Waals surface area contributed by atoms with E-state index in [-0.39, 0.29) is 11.8 Å². The summed E-state index contributed by atoms with van der Waals surface area (Å²) in [5.74, 6) is 1.51. The summed E-state index contributed by atoms with van der Waals surface area (Å²) in [6.45, 7) is 5.95. The molecule has 1 aromatic heterocycles. The minimum absolute atomic E-state index is 0.0377. The average Bonchev–Trinajstić information content (AvgIpc) is 3.22. The number of aromatic nitrogens is 1. The number of amides is 2. The van der Waals surface area contributed by atoms with E-state index < -0.39 is 0 Å². The number of carbonyl (C=O) groups is 2. The van der Waals surface area contributed by atoms with Crippen LogP contribution < -0.4 is 0 Å². The van der Waals surface area contributed by atoms with E-state index in [0.717, 1.165) is 12.3 Å². The maximum atomic E-state index is 12.6. The van der Waals surface area contributed by atoms with Gasteiger partial charge < -0.3 is 14.3 Å². The number of aryl methyl sites for hydroxylation is 2. The van der Waals surface area contributed by atoms with Gasteiger partial charge in [0.2, 0.25) is 5.91 Å². The van der Waals surface area contributed by atoms with Crippen molar-refractivity contribution in [1.29, 1.82) is 0 Å². The Bertz CT molecular complexity index is 577. The number of piperazine rings is 1. The molecule has 1 aliphatic heterocycles. The van der Waals surface area contributed by atoms with Crippen LogP contribution in [0.25, 0.3) is 0 Å². The highest BCUT2D eigenvalue weighted by molar-refractivity contribution is 5.96. The molecule has 24 heavy (non-hydrogen) atoms. The topological polar surface area (TPSA) is 66.7 Å². The maximum Gasteiger partial charge on any atom is 0.259 e. The molecule has 0 radical (unpaired) electrons. The SMILES string of the molecule is Cc1noc(C)c1C(=O)N1CCN(C(=O)CCC2CCCC2)CC1. The van der Waals surface area contributed by atoms with E-state index in [0.29, 0.717) is 49.6 Å². The third-order valence-electron chi connectivity index (χ3n) is 5.41. The molecule has 2 fully saturated rings. The Hall–Kier alpha value is -1.85. The van der Waals surface area contributed by atoms with E-state index >= 15 is 0 Å². The standard InChI is InChI=1S/C18H27N3O3/c1-13-17(14(2)24-19-13)18(23)21-11-9-20(10-12-21)16(22)8-7-15-5-3-4-6-15/h15H,3-12H2,1-2H3. The van der Waals surface area contributed by atoms with Crippen LogP contribution in [0, 0.1) is 19.8 Å². The molecule has 2 amide bonds. The van der Waals surface area contributed by atoms with Crippen molar-refractivity contribution in [1.82, 2.24) is 15.0 Å². The summed E-state index contributed by atoms with van der Waals surface area (Å²) in [5.41, 5.74) is 1.20. The Morgan fingerprint density at radius 1 is 1.08 bits per heavy atom. The molecule has 2 aliphatic rings. The molecule has 0 aromatic carbocycles. The highest BCUT2D eigenvalue weighted by Crippen LogP contribution is 2.28. The van der Waals surface area contributed by atoms with Gasteiger partial charge in [-0.2, -0.15) is 0 Å². The van der Waals surface area contributed by atoms with Crippen LogP contribution >= 0.6 is 0 Å². The van der Waals surface area contributed by atoms with Crippen molar-refractivity contribution in [2.45, 2.75) is 52.4 Å². The van der Waals surface area contributed by atoms with Gasteiger partial charge >= 0.3 is 0 Å². The first-order valence-corrected chi connectivity index (χ1v) is 9.06. The predicted molar refractivity (Wildman–Crippen MR) is 89.7 cm³/mol. The summed E-state index contributed by atoms with van der Waals surface area (Å²) >= 11 is 0. The summed E-state index contributed by atoms with van der Waals surface area (Å²) in [6, 6.07) is 0. The molecule has 2 heterocycles. The second-order valence-corrected chi connectivity index (χ2v) is 7.06. The Balaban J connectivity index is 1.48. The van der Waals surface area contributed by atoms with E-state index in [2.05, 4.69) is 5.16 Å². The largest absolute Gasteiger partial charge is 0.361 e. The van der Waals surface area contributed by atoms with Gasteiger partial charge in [-0.1, -0.05) is 30.8 Å². The van der Waals surface area contributed by atoms with Crippen molar-refractivity contribution in [2.24, 2.45) is 5.92 Å². The Morgan fingerprint density at radius 2 is 1.71 bits per heavy atom. The molecule has 0 spiro atoms. The van der Waals surface area contributed by atoms with Gasteiger partial charge in [0.15, 0.2) is 0 Å². The van der Waals surface area contributed by atoms with Crippen LogP contribution in [-0.2, 0) is 4.79 Å². The third kappa shape index (κ3) is 3.62. The van der Waals surface area contributed by atoms with Crippen LogP contribution in [0.3, 0.4) is 0 Å². The smallest absolute Gasteiger partial charge is 0.259 e. The zero-order valence-corrected chi connectivity index (χ0v) is 14.7. The second kappa shape index (κ2) is 7.36. The van der Waals surface area contributed by atoms with Crippen molar-refractivity contribution in [3.05, 3.63) is 17.0 Å². The molecule has 0 bridgehead atoms. The number of rotatable bonds is 4. The van der Waals surface area contributed by atoms with Crippen LogP contribution in [-0.4, -0.2) is 52.9 Å². The van der Waals surface area contributed by atoms with Gasteiger partial charge in [0.25, 0.3) is 5.91 Å². The first-order valence-electron chi connectivity index (χ1n) is 9.06. The lowest BCUT2D eigenvalue weighted by Gasteiger charge is -2.35. The molecule has 0 unspecified atom stereocenters. The molecule has 1 aliphatic carbocycles. The van der Waals surface area contributed by atoms with Crippen LogP contribution in [0.15, 0.2) is 4.52 Å². The highest BCUT2D eigenvalue weighted by atomic mass is 16.5. The zero-order valence-electron chi connectivity index (χ0n) is 14.7. The quantitative estimate of drug-likeness (QED) is 0.849. The molecule has 1 saturated carbocycles. The summed E-state index contributed by atoms with van der Waals surface area (Å²) in [7, 11) is 0. The molecular weight excluding hydrogens is 306 g/mol. The Labute approximate surface area is 143 Å². The molecule has 1 aromatic rings. The van der Waals surface area contributed by atoms with Gasteiger partial charge in [-0.05, 0) is 26.2 Å². The first kappa shape index (κ1) is 17.0. The molecule has 6 heteroatoms. The lowest BCUT2D eigenvalue weighted by Crippen LogP contribution is -2.50. The van der Waals surface area contributed by atoms with Gasteiger partial charge in [0.1, 0.15) is 11.3 Å². The number of carbonyl (C=O) groups excluding carboxylic acids is 2. The third-order valence-corrected chi connectivity index (χ3v) is 5.41. The van der Waals surface area contributed by atoms with Crippen LogP contribution in [0.5, 0.6) is 0 Å². The Morgan fingerprint density at radius 3 is 2.29 bits per heavy atom. The van der Waals surface area contributed by atoms with Gasteiger partial charge in [-0.15, -0.1) is 0 Å². The first-order chi connectivity index (χ1) is 11.6. The zero-order chi connectivity index (χ0) is 17.1. The van der Waals surface area contributed by atoms with Gasteiger partial charge in [-0.3, -0.25) is 9.59 Å². The van der Waals surface area contributed by atoms with E-state index in [1.165, 1.54) is 25.7 Å². The summed E-state index contributed by atoms with van der Waals surface area (Å²) in [4.78, 5) is 28.7. The van der Waals surface area contributed by atoms with E-state index in [1.54, 1.807) is 18.7 Å². The molecule has 132 valence electrons. The molecule has 3 rings (SSSR count). The van der Waals surface area contributed by atoms with Crippen molar-refractivity contribution in [2.75, 3.05) is 26.2 Å². The molecule has 0 atom stereocenters. The van der Waals surface area contributed by atoms with Gasteiger partial charge in [0.05, 0.1) is 5.69 Å². The van der Waals surface area contributed by atoms with E-state index in [1.807, 2.05) is 4.90 Å².